The van der Waals surface area contributed by atoms with E-state index in [1.165, 1.54) is 11.1 Å². The van der Waals surface area contributed by atoms with Crippen LogP contribution in [0.4, 0.5) is 5.69 Å². The standard InChI is InChI=1S/C19H20Cl2N2O/c1-13-4-7-18-15(9-13)3-2-8-23(18)19(24)12-22-11-14-5-6-16(20)17(21)10-14/h4-7,9-10,22H,2-3,8,11-12H2,1H3. The monoisotopic (exact) mass is 362 g/mol. The second kappa shape index (κ2) is 7.56. The van der Waals surface area contributed by atoms with E-state index in [-0.39, 0.29) is 5.91 Å². The van der Waals surface area contributed by atoms with E-state index in [1.807, 2.05) is 17.0 Å². The zero-order chi connectivity index (χ0) is 17.1. The van der Waals surface area contributed by atoms with Gasteiger partial charge in [0.15, 0.2) is 0 Å². The third-order valence-electron chi connectivity index (χ3n) is 4.24. The van der Waals surface area contributed by atoms with Gasteiger partial charge in [-0.15, -0.1) is 0 Å². The second-order valence-corrected chi connectivity index (χ2v) is 6.95. The number of benzene rings is 2. The Hall–Kier alpha value is -1.55. The number of amides is 1. The molecule has 0 unspecified atom stereocenters. The fourth-order valence-electron chi connectivity index (χ4n) is 3.04. The van der Waals surface area contributed by atoms with Crippen LogP contribution in [-0.2, 0) is 17.8 Å². The first-order valence-corrected chi connectivity index (χ1v) is 8.85. The topological polar surface area (TPSA) is 32.3 Å². The smallest absolute Gasteiger partial charge is 0.240 e. The molecule has 3 nitrogen and oxygen atoms in total. The summed E-state index contributed by atoms with van der Waals surface area (Å²) in [4.78, 5) is 14.5. The molecule has 3 rings (SSSR count). The number of halogens is 2. The van der Waals surface area contributed by atoms with Crippen LogP contribution in [0.2, 0.25) is 10.0 Å². The molecule has 5 heteroatoms. The number of hydrogen-bond donors (Lipinski definition) is 1. The number of fused-ring (bicyclic) bond motifs is 1. The first-order chi connectivity index (χ1) is 11.5. The van der Waals surface area contributed by atoms with Crippen molar-refractivity contribution in [3.63, 3.8) is 0 Å². The van der Waals surface area contributed by atoms with Gasteiger partial charge in [0.1, 0.15) is 0 Å². The summed E-state index contributed by atoms with van der Waals surface area (Å²) < 4.78 is 0. The lowest BCUT2D eigenvalue weighted by atomic mass is 9.99. The normalized spacial score (nSPS) is 13.7. The van der Waals surface area contributed by atoms with E-state index in [1.54, 1.807) is 6.07 Å². The summed E-state index contributed by atoms with van der Waals surface area (Å²) in [5.41, 5.74) is 4.56. The summed E-state index contributed by atoms with van der Waals surface area (Å²) in [5, 5.41) is 4.26. The van der Waals surface area contributed by atoms with Gasteiger partial charge in [0.05, 0.1) is 16.6 Å². The molecule has 0 bridgehead atoms. The second-order valence-electron chi connectivity index (χ2n) is 6.13. The van der Waals surface area contributed by atoms with Crippen LogP contribution < -0.4 is 10.2 Å². The molecule has 0 radical (unpaired) electrons. The Morgan fingerprint density at radius 3 is 2.79 bits per heavy atom. The highest BCUT2D eigenvalue weighted by atomic mass is 35.5. The first kappa shape index (κ1) is 17.3. The number of nitrogens with zero attached hydrogens (tertiary/aromatic N) is 1. The molecular formula is C19H20Cl2N2O. The maximum atomic E-state index is 12.6. The highest BCUT2D eigenvalue weighted by molar-refractivity contribution is 6.42. The SMILES string of the molecule is Cc1ccc2c(c1)CCCN2C(=O)CNCc1ccc(Cl)c(Cl)c1. The molecule has 0 atom stereocenters. The van der Waals surface area contributed by atoms with Crippen molar-refractivity contribution in [2.75, 3.05) is 18.0 Å². The van der Waals surface area contributed by atoms with Gasteiger partial charge in [-0.25, -0.2) is 0 Å². The third kappa shape index (κ3) is 3.92. The number of hydrogen-bond acceptors (Lipinski definition) is 2. The van der Waals surface area contributed by atoms with Crippen molar-refractivity contribution in [2.45, 2.75) is 26.3 Å². The first-order valence-electron chi connectivity index (χ1n) is 8.09. The Labute approximate surface area is 152 Å². The van der Waals surface area contributed by atoms with Crippen molar-refractivity contribution >= 4 is 34.8 Å². The molecule has 2 aromatic rings. The quantitative estimate of drug-likeness (QED) is 0.875. The van der Waals surface area contributed by atoms with E-state index in [0.29, 0.717) is 23.1 Å². The summed E-state index contributed by atoms with van der Waals surface area (Å²) in [6.45, 7) is 3.74. The van der Waals surface area contributed by atoms with Gasteiger partial charge in [-0.05, 0) is 49.1 Å². The van der Waals surface area contributed by atoms with Crippen LogP contribution in [0.5, 0.6) is 0 Å². The van der Waals surface area contributed by atoms with Gasteiger partial charge in [0.25, 0.3) is 0 Å². The molecule has 0 spiro atoms. The van der Waals surface area contributed by atoms with E-state index < -0.39 is 0 Å². The number of anilines is 1. The summed E-state index contributed by atoms with van der Waals surface area (Å²) in [6, 6.07) is 11.8. The van der Waals surface area contributed by atoms with Crippen LogP contribution in [0.25, 0.3) is 0 Å². The molecule has 0 saturated carbocycles. The number of rotatable bonds is 4. The lowest BCUT2D eigenvalue weighted by Gasteiger charge is -2.30. The molecule has 1 heterocycles. The fraction of sp³-hybridized carbons (Fsp3) is 0.316. The van der Waals surface area contributed by atoms with Gasteiger partial charge in [-0.1, -0.05) is 47.0 Å². The van der Waals surface area contributed by atoms with E-state index >= 15 is 0 Å². The lowest BCUT2D eigenvalue weighted by molar-refractivity contribution is -0.117. The third-order valence-corrected chi connectivity index (χ3v) is 4.98. The minimum atomic E-state index is 0.0971. The molecule has 1 aliphatic heterocycles. The molecule has 0 aliphatic carbocycles. The highest BCUT2D eigenvalue weighted by Gasteiger charge is 2.21. The van der Waals surface area contributed by atoms with Crippen LogP contribution in [0.1, 0.15) is 23.1 Å². The van der Waals surface area contributed by atoms with Crippen molar-refractivity contribution in [1.29, 1.82) is 0 Å². The lowest BCUT2D eigenvalue weighted by Crippen LogP contribution is -2.41. The Bertz CT molecular complexity index is 761. The largest absolute Gasteiger partial charge is 0.311 e. The number of nitrogens with one attached hydrogen (secondary N) is 1. The number of aryl methyl sites for hydroxylation is 2. The Morgan fingerprint density at radius 1 is 1.17 bits per heavy atom. The highest BCUT2D eigenvalue weighted by Crippen LogP contribution is 2.28. The number of carbonyl (C=O) groups is 1. The van der Waals surface area contributed by atoms with E-state index in [0.717, 1.165) is 30.6 Å². The molecule has 1 N–H and O–H groups in total. The Balaban J connectivity index is 1.61. The fourth-order valence-corrected chi connectivity index (χ4v) is 3.36. The molecule has 0 saturated heterocycles. The van der Waals surface area contributed by atoms with Crippen molar-refractivity contribution in [2.24, 2.45) is 0 Å². The van der Waals surface area contributed by atoms with Crippen molar-refractivity contribution < 1.29 is 4.79 Å². The molecule has 126 valence electrons. The van der Waals surface area contributed by atoms with Crippen LogP contribution in [0.15, 0.2) is 36.4 Å². The zero-order valence-electron chi connectivity index (χ0n) is 13.6. The molecule has 2 aromatic carbocycles. The van der Waals surface area contributed by atoms with Crippen LogP contribution in [0.3, 0.4) is 0 Å². The van der Waals surface area contributed by atoms with Gasteiger partial charge in [0, 0.05) is 18.8 Å². The van der Waals surface area contributed by atoms with Gasteiger partial charge in [0.2, 0.25) is 5.91 Å². The summed E-state index contributed by atoms with van der Waals surface area (Å²) >= 11 is 11.9. The number of carbonyl (C=O) groups excluding carboxylic acids is 1. The zero-order valence-corrected chi connectivity index (χ0v) is 15.1. The Kier molecular flexibility index (Phi) is 5.44. The predicted molar refractivity (Wildman–Crippen MR) is 100 cm³/mol. The van der Waals surface area contributed by atoms with Crippen molar-refractivity contribution in [3.8, 4) is 0 Å². The van der Waals surface area contributed by atoms with Gasteiger partial charge in [-0.2, -0.15) is 0 Å². The molecule has 1 aliphatic rings. The molecular weight excluding hydrogens is 343 g/mol. The Morgan fingerprint density at radius 2 is 2.00 bits per heavy atom. The maximum Gasteiger partial charge on any atom is 0.240 e. The van der Waals surface area contributed by atoms with Gasteiger partial charge in [-0.3, -0.25) is 4.79 Å². The maximum absolute atomic E-state index is 12.6. The molecule has 24 heavy (non-hydrogen) atoms. The van der Waals surface area contributed by atoms with Crippen molar-refractivity contribution in [1.82, 2.24) is 5.32 Å². The molecule has 0 fully saturated rings. The van der Waals surface area contributed by atoms with E-state index in [4.69, 9.17) is 23.2 Å². The van der Waals surface area contributed by atoms with E-state index in [9.17, 15) is 4.79 Å². The van der Waals surface area contributed by atoms with Crippen LogP contribution in [-0.4, -0.2) is 19.0 Å². The average molecular weight is 363 g/mol. The van der Waals surface area contributed by atoms with Gasteiger partial charge < -0.3 is 10.2 Å². The minimum absolute atomic E-state index is 0.0971. The average Bonchev–Trinajstić information content (AvgIpc) is 2.57. The van der Waals surface area contributed by atoms with Gasteiger partial charge >= 0.3 is 0 Å². The van der Waals surface area contributed by atoms with E-state index in [2.05, 4.69) is 30.4 Å². The minimum Gasteiger partial charge on any atom is -0.311 e. The van der Waals surface area contributed by atoms with Crippen molar-refractivity contribution in [3.05, 3.63) is 63.1 Å². The molecule has 0 aromatic heterocycles. The summed E-state index contributed by atoms with van der Waals surface area (Å²) in [5.74, 6) is 0.0971. The van der Waals surface area contributed by atoms with Crippen LogP contribution in [0, 0.1) is 6.92 Å². The summed E-state index contributed by atoms with van der Waals surface area (Å²) in [6.07, 6.45) is 2.05. The summed E-state index contributed by atoms with van der Waals surface area (Å²) in [7, 11) is 0. The predicted octanol–water partition coefficient (Wildman–Crippen LogP) is 4.37. The van der Waals surface area contributed by atoms with Crippen LogP contribution >= 0.6 is 23.2 Å². The molecule has 1 amide bonds.